The van der Waals surface area contributed by atoms with Gasteiger partial charge in [-0.2, -0.15) is 0 Å². The third kappa shape index (κ3) is 5.65. The highest BCUT2D eigenvalue weighted by Crippen LogP contribution is 2.13. The summed E-state index contributed by atoms with van der Waals surface area (Å²) in [5.74, 6) is -1.79. The number of rotatable bonds is 9. The molecule has 0 saturated carbocycles. The molecule has 8 heteroatoms. The van der Waals surface area contributed by atoms with Crippen molar-refractivity contribution in [1.82, 2.24) is 5.32 Å². The van der Waals surface area contributed by atoms with Gasteiger partial charge < -0.3 is 15.2 Å². The van der Waals surface area contributed by atoms with E-state index in [0.29, 0.717) is 12.8 Å². The Morgan fingerprint density at radius 3 is 2.35 bits per heavy atom. The zero-order valence-corrected chi connectivity index (χ0v) is 13.9. The highest BCUT2D eigenvalue weighted by atomic mass is 32.2. The maximum Gasteiger partial charge on any atom is 0.326 e. The van der Waals surface area contributed by atoms with E-state index in [1.165, 1.54) is 31.4 Å². The molecule has 0 radical (unpaired) electrons. The third-order valence-corrected chi connectivity index (χ3v) is 4.91. The molecule has 23 heavy (non-hydrogen) atoms. The number of carbonyl (C=O) groups excluding carboxylic acids is 1. The quantitative estimate of drug-likeness (QED) is 0.694. The summed E-state index contributed by atoms with van der Waals surface area (Å²) < 4.78 is 28.7. The number of ether oxygens (including phenoxy) is 1. The second kappa shape index (κ2) is 8.64. The van der Waals surface area contributed by atoms with Gasteiger partial charge in [-0.3, -0.25) is 4.79 Å². The van der Waals surface area contributed by atoms with Crippen LogP contribution in [0.5, 0.6) is 0 Å². The Kier molecular flexibility index (Phi) is 7.18. The van der Waals surface area contributed by atoms with Crippen molar-refractivity contribution in [2.24, 2.45) is 0 Å². The lowest BCUT2D eigenvalue weighted by Gasteiger charge is -2.13. The van der Waals surface area contributed by atoms with Gasteiger partial charge in [0.15, 0.2) is 9.84 Å². The van der Waals surface area contributed by atoms with E-state index in [0.717, 1.165) is 0 Å². The first-order valence-electron chi connectivity index (χ1n) is 7.17. The highest BCUT2D eigenvalue weighted by molar-refractivity contribution is 7.91. The standard InChI is InChI=1S/C15H21NO6S/c1-3-4-13(15(18)19)16-14(17)11-5-7-12(8-6-11)23(20,21)10-9-22-2/h5-8,13H,3-4,9-10H2,1-2H3,(H,16,17)(H,18,19). The molecule has 0 bridgehead atoms. The lowest BCUT2D eigenvalue weighted by Crippen LogP contribution is -2.40. The molecule has 0 aromatic heterocycles. The van der Waals surface area contributed by atoms with Crippen molar-refractivity contribution < 1.29 is 27.9 Å². The van der Waals surface area contributed by atoms with Gasteiger partial charge in [-0.25, -0.2) is 13.2 Å². The average Bonchev–Trinajstić information content (AvgIpc) is 2.52. The molecule has 0 aliphatic heterocycles. The molecule has 7 nitrogen and oxygen atoms in total. The number of carbonyl (C=O) groups is 2. The smallest absolute Gasteiger partial charge is 0.326 e. The number of methoxy groups -OCH3 is 1. The minimum absolute atomic E-state index is 0.0852. The van der Waals surface area contributed by atoms with Gasteiger partial charge in [0.05, 0.1) is 17.3 Å². The van der Waals surface area contributed by atoms with E-state index < -0.39 is 27.8 Å². The lowest BCUT2D eigenvalue weighted by atomic mass is 10.1. The molecule has 0 fully saturated rings. The van der Waals surface area contributed by atoms with Crippen LogP contribution in [0.25, 0.3) is 0 Å². The van der Waals surface area contributed by atoms with Crippen molar-refractivity contribution in [1.29, 1.82) is 0 Å². The molecule has 0 saturated heterocycles. The molecule has 0 spiro atoms. The molecule has 0 aliphatic carbocycles. The summed E-state index contributed by atoms with van der Waals surface area (Å²) in [6.07, 6.45) is 0.943. The Morgan fingerprint density at radius 2 is 1.87 bits per heavy atom. The van der Waals surface area contributed by atoms with Crippen LogP contribution in [-0.2, 0) is 19.4 Å². The highest BCUT2D eigenvalue weighted by Gasteiger charge is 2.20. The summed E-state index contributed by atoms with van der Waals surface area (Å²) in [4.78, 5) is 23.2. The number of aliphatic carboxylic acids is 1. The zero-order chi connectivity index (χ0) is 17.5. The van der Waals surface area contributed by atoms with Crippen molar-refractivity contribution in [3.63, 3.8) is 0 Å². The molecular formula is C15H21NO6S. The van der Waals surface area contributed by atoms with Crippen LogP contribution in [0.4, 0.5) is 0 Å². The SMILES string of the molecule is CCCC(NC(=O)c1ccc(S(=O)(=O)CCOC)cc1)C(=O)O. The first-order chi connectivity index (χ1) is 10.8. The van der Waals surface area contributed by atoms with Gasteiger partial charge >= 0.3 is 5.97 Å². The van der Waals surface area contributed by atoms with E-state index in [9.17, 15) is 18.0 Å². The molecule has 1 aromatic rings. The Hall–Kier alpha value is -1.93. The fraction of sp³-hybridized carbons (Fsp3) is 0.467. The molecule has 0 heterocycles. The van der Waals surface area contributed by atoms with Crippen molar-refractivity contribution in [2.45, 2.75) is 30.7 Å². The molecule has 1 atom stereocenters. The van der Waals surface area contributed by atoms with Gasteiger partial charge in [-0.05, 0) is 30.7 Å². The number of sulfone groups is 1. The number of hydrogen-bond acceptors (Lipinski definition) is 5. The molecule has 128 valence electrons. The molecule has 2 N–H and O–H groups in total. The van der Waals surface area contributed by atoms with E-state index >= 15 is 0 Å². The minimum Gasteiger partial charge on any atom is -0.480 e. The normalized spacial score (nSPS) is 12.6. The van der Waals surface area contributed by atoms with Gasteiger partial charge in [0.1, 0.15) is 6.04 Å². The maximum atomic E-state index is 12.0. The summed E-state index contributed by atoms with van der Waals surface area (Å²) in [6.45, 7) is 1.91. The Morgan fingerprint density at radius 1 is 1.26 bits per heavy atom. The van der Waals surface area contributed by atoms with Gasteiger partial charge in [-0.15, -0.1) is 0 Å². The predicted molar refractivity (Wildman–Crippen MR) is 84.2 cm³/mol. The summed E-state index contributed by atoms with van der Waals surface area (Å²) in [5.41, 5.74) is 0.207. The maximum absolute atomic E-state index is 12.0. The summed E-state index contributed by atoms with van der Waals surface area (Å²) in [5, 5.41) is 11.4. The number of nitrogens with one attached hydrogen (secondary N) is 1. The van der Waals surface area contributed by atoms with Crippen molar-refractivity contribution in [2.75, 3.05) is 19.5 Å². The monoisotopic (exact) mass is 343 g/mol. The number of hydrogen-bond donors (Lipinski definition) is 2. The molecule has 1 rings (SSSR count). The summed E-state index contributed by atoms with van der Waals surface area (Å²) >= 11 is 0. The number of benzene rings is 1. The van der Waals surface area contributed by atoms with Crippen LogP contribution >= 0.6 is 0 Å². The average molecular weight is 343 g/mol. The van der Waals surface area contributed by atoms with E-state index in [4.69, 9.17) is 9.84 Å². The first kappa shape index (κ1) is 19.1. The number of carboxylic acids is 1. The topological polar surface area (TPSA) is 110 Å². The third-order valence-electron chi connectivity index (χ3n) is 3.21. The Labute approximate surface area is 135 Å². The predicted octanol–water partition coefficient (Wildman–Crippen LogP) is 1.09. The van der Waals surface area contributed by atoms with E-state index in [1.54, 1.807) is 0 Å². The van der Waals surface area contributed by atoms with Gasteiger partial charge in [0.2, 0.25) is 0 Å². The van der Waals surface area contributed by atoms with Crippen molar-refractivity contribution in [3.8, 4) is 0 Å². The van der Waals surface area contributed by atoms with Gasteiger partial charge in [0, 0.05) is 12.7 Å². The fourth-order valence-electron chi connectivity index (χ4n) is 1.91. The number of carboxylic acid groups (broad SMARTS) is 1. The fourth-order valence-corrected chi connectivity index (χ4v) is 3.08. The van der Waals surface area contributed by atoms with Crippen LogP contribution in [0, 0.1) is 0 Å². The zero-order valence-electron chi connectivity index (χ0n) is 13.1. The first-order valence-corrected chi connectivity index (χ1v) is 8.82. The minimum atomic E-state index is -3.46. The van der Waals surface area contributed by atoms with Crippen LogP contribution in [0.1, 0.15) is 30.1 Å². The van der Waals surface area contributed by atoms with E-state index in [-0.39, 0.29) is 22.8 Å². The van der Waals surface area contributed by atoms with Crippen LogP contribution in [0.3, 0.4) is 0 Å². The summed E-state index contributed by atoms with van der Waals surface area (Å²) in [6, 6.07) is 4.42. The van der Waals surface area contributed by atoms with Crippen LogP contribution in [-0.4, -0.2) is 50.9 Å². The van der Waals surface area contributed by atoms with Crippen LogP contribution in [0.2, 0.25) is 0 Å². The lowest BCUT2D eigenvalue weighted by molar-refractivity contribution is -0.139. The molecular weight excluding hydrogens is 322 g/mol. The summed E-state index contributed by atoms with van der Waals surface area (Å²) in [7, 11) is -2.05. The second-order valence-corrected chi connectivity index (χ2v) is 7.10. The Bertz CT molecular complexity index is 638. The van der Waals surface area contributed by atoms with Crippen molar-refractivity contribution >= 4 is 21.7 Å². The van der Waals surface area contributed by atoms with Gasteiger partial charge in [-0.1, -0.05) is 13.3 Å². The van der Waals surface area contributed by atoms with E-state index in [2.05, 4.69) is 5.32 Å². The molecule has 1 aromatic carbocycles. The molecule has 1 amide bonds. The molecule has 0 aliphatic rings. The Balaban J connectivity index is 2.83. The van der Waals surface area contributed by atoms with Crippen LogP contribution in [0.15, 0.2) is 29.2 Å². The second-order valence-electron chi connectivity index (χ2n) is 4.99. The molecule has 1 unspecified atom stereocenters. The van der Waals surface area contributed by atoms with Crippen molar-refractivity contribution in [3.05, 3.63) is 29.8 Å². The largest absolute Gasteiger partial charge is 0.480 e. The number of amides is 1. The van der Waals surface area contributed by atoms with E-state index in [1.807, 2.05) is 6.92 Å². The van der Waals surface area contributed by atoms with Gasteiger partial charge in [0.25, 0.3) is 5.91 Å². The van der Waals surface area contributed by atoms with Crippen LogP contribution < -0.4 is 5.32 Å².